The Bertz CT molecular complexity index is 318. The third kappa shape index (κ3) is 2.58. The highest BCUT2D eigenvalue weighted by atomic mass is 32.2. The van der Waals surface area contributed by atoms with E-state index < -0.39 is 0 Å². The van der Waals surface area contributed by atoms with Gasteiger partial charge in [0.1, 0.15) is 5.00 Å². The topological polar surface area (TPSA) is 50.9 Å². The minimum absolute atomic E-state index is 0.629. The van der Waals surface area contributed by atoms with Crippen molar-refractivity contribution in [3.05, 3.63) is 0 Å². The number of nitrogens with zero attached hydrogens (tertiary/aromatic N) is 1. The quantitative estimate of drug-likeness (QED) is 0.801. The standard InChI is InChI=1S/C10H17N3S2/c1-14-8-9(11)13-15-10(8)12-7-5-3-2-4-6-7/h7,12H,2-6H2,1H3,(H2,11,13). The number of anilines is 2. The number of aromatic nitrogens is 1. The van der Waals surface area contributed by atoms with Gasteiger partial charge in [0.2, 0.25) is 0 Å². The van der Waals surface area contributed by atoms with Gasteiger partial charge in [0.25, 0.3) is 0 Å². The predicted octanol–water partition coefficient (Wildman–Crippen LogP) is 3.19. The predicted molar refractivity (Wildman–Crippen MR) is 68.8 cm³/mol. The highest BCUT2D eigenvalue weighted by Crippen LogP contribution is 2.36. The summed E-state index contributed by atoms with van der Waals surface area (Å²) in [5, 5.41) is 4.74. The number of hydrogen-bond acceptors (Lipinski definition) is 5. The first-order chi connectivity index (χ1) is 7.31. The Balaban J connectivity index is 2.02. The average Bonchev–Trinajstić information content (AvgIpc) is 2.61. The summed E-state index contributed by atoms with van der Waals surface area (Å²) >= 11 is 3.17. The molecule has 3 nitrogen and oxygen atoms in total. The van der Waals surface area contributed by atoms with Gasteiger partial charge >= 0.3 is 0 Å². The van der Waals surface area contributed by atoms with Crippen LogP contribution in [0.2, 0.25) is 0 Å². The van der Waals surface area contributed by atoms with Crippen molar-refractivity contribution in [1.82, 2.24) is 4.37 Å². The van der Waals surface area contributed by atoms with E-state index in [-0.39, 0.29) is 0 Å². The maximum absolute atomic E-state index is 5.80. The molecule has 0 spiro atoms. The van der Waals surface area contributed by atoms with Crippen LogP contribution in [0.3, 0.4) is 0 Å². The molecule has 0 aromatic carbocycles. The number of nitrogen functional groups attached to an aromatic ring is 1. The number of nitrogens with one attached hydrogen (secondary N) is 1. The molecule has 1 aromatic heterocycles. The Morgan fingerprint density at radius 2 is 2.13 bits per heavy atom. The van der Waals surface area contributed by atoms with Gasteiger partial charge in [0, 0.05) is 6.04 Å². The summed E-state index contributed by atoms with van der Waals surface area (Å²) in [6.07, 6.45) is 8.70. The summed E-state index contributed by atoms with van der Waals surface area (Å²) < 4.78 is 4.19. The van der Waals surface area contributed by atoms with E-state index in [4.69, 9.17) is 5.73 Å². The van der Waals surface area contributed by atoms with E-state index in [0.29, 0.717) is 11.9 Å². The average molecular weight is 243 g/mol. The molecule has 15 heavy (non-hydrogen) atoms. The fourth-order valence-corrected chi connectivity index (χ4v) is 3.62. The van der Waals surface area contributed by atoms with Crippen molar-refractivity contribution in [1.29, 1.82) is 0 Å². The summed E-state index contributed by atoms with van der Waals surface area (Å²) in [6, 6.07) is 0.629. The van der Waals surface area contributed by atoms with Crippen LogP contribution in [-0.4, -0.2) is 16.7 Å². The fraction of sp³-hybridized carbons (Fsp3) is 0.700. The molecule has 0 amide bonds. The Labute approximate surface area is 99.0 Å². The van der Waals surface area contributed by atoms with Gasteiger partial charge in [-0.15, -0.1) is 11.8 Å². The Hall–Kier alpha value is -0.420. The monoisotopic (exact) mass is 243 g/mol. The lowest BCUT2D eigenvalue weighted by atomic mass is 9.96. The van der Waals surface area contributed by atoms with Gasteiger partial charge in [-0.2, -0.15) is 4.37 Å². The second-order valence-corrected chi connectivity index (χ2v) is 5.50. The molecule has 3 N–H and O–H groups in total. The Morgan fingerprint density at radius 1 is 1.40 bits per heavy atom. The molecular formula is C10H17N3S2. The molecule has 0 unspecified atom stereocenters. The smallest absolute Gasteiger partial charge is 0.153 e. The Kier molecular flexibility index (Phi) is 3.75. The number of thioether (sulfide) groups is 1. The summed E-state index contributed by atoms with van der Waals surface area (Å²) in [6.45, 7) is 0. The van der Waals surface area contributed by atoms with Crippen molar-refractivity contribution in [2.24, 2.45) is 0 Å². The van der Waals surface area contributed by atoms with Crippen molar-refractivity contribution < 1.29 is 0 Å². The second kappa shape index (κ2) is 5.07. The van der Waals surface area contributed by atoms with E-state index in [0.717, 1.165) is 9.90 Å². The van der Waals surface area contributed by atoms with E-state index in [1.165, 1.54) is 43.6 Å². The van der Waals surface area contributed by atoms with Gasteiger partial charge in [0.05, 0.1) is 4.90 Å². The third-order valence-electron chi connectivity index (χ3n) is 2.82. The first kappa shape index (κ1) is 11.1. The molecule has 0 bridgehead atoms. The van der Waals surface area contributed by atoms with Gasteiger partial charge in [-0.1, -0.05) is 19.3 Å². The molecule has 0 saturated heterocycles. The van der Waals surface area contributed by atoms with Crippen LogP contribution in [0.15, 0.2) is 4.90 Å². The molecule has 0 radical (unpaired) electrons. The van der Waals surface area contributed by atoms with Crippen LogP contribution in [0.5, 0.6) is 0 Å². The maximum Gasteiger partial charge on any atom is 0.153 e. The van der Waals surface area contributed by atoms with Crippen LogP contribution in [-0.2, 0) is 0 Å². The molecule has 5 heteroatoms. The zero-order valence-corrected chi connectivity index (χ0v) is 10.6. The lowest BCUT2D eigenvalue weighted by Gasteiger charge is -2.23. The van der Waals surface area contributed by atoms with E-state index in [9.17, 15) is 0 Å². The zero-order chi connectivity index (χ0) is 10.7. The zero-order valence-electron chi connectivity index (χ0n) is 8.95. The van der Waals surface area contributed by atoms with Crippen molar-refractivity contribution in [2.75, 3.05) is 17.3 Å². The van der Waals surface area contributed by atoms with Gasteiger partial charge in [0.15, 0.2) is 5.82 Å². The molecular weight excluding hydrogens is 226 g/mol. The Morgan fingerprint density at radius 3 is 2.80 bits per heavy atom. The number of hydrogen-bond donors (Lipinski definition) is 2. The van der Waals surface area contributed by atoms with E-state index in [1.54, 1.807) is 11.8 Å². The van der Waals surface area contributed by atoms with Crippen molar-refractivity contribution in [3.8, 4) is 0 Å². The minimum atomic E-state index is 0.629. The van der Waals surface area contributed by atoms with E-state index in [2.05, 4.69) is 9.69 Å². The maximum atomic E-state index is 5.80. The molecule has 1 heterocycles. The highest BCUT2D eigenvalue weighted by molar-refractivity contribution is 7.99. The highest BCUT2D eigenvalue weighted by Gasteiger charge is 2.17. The largest absolute Gasteiger partial charge is 0.382 e. The van der Waals surface area contributed by atoms with Gasteiger partial charge < -0.3 is 11.1 Å². The first-order valence-electron chi connectivity index (χ1n) is 5.37. The van der Waals surface area contributed by atoms with Crippen LogP contribution >= 0.6 is 23.3 Å². The first-order valence-corrected chi connectivity index (χ1v) is 7.36. The van der Waals surface area contributed by atoms with Gasteiger partial charge in [-0.3, -0.25) is 0 Å². The molecule has 84 valence electrons. The lowest BCUT2D eigenvalue weighted by Crippen LogP contribution is -2.21. The molecule has 1 saturated carbocycles. The van der Waals surface area contributed by atoms with Crippen molar-refractivity contribution in [3.63, 3.8) is 0 Å². The van der Waals surface area contributed by atoms with Crippen molar-refractivity contribution >= 4 is 34.1 Å². The molecule has 1 aliphatic carbocycles. The molecule has 1 aromatic rings. The van der Waals surface area contributed by atoms with Crippen LogP contribution in [0.25, 0.3) is 0 Å². The van der Waals surface area contributed by atoms with Crippen molar-refractivity contribution in [2.45, 2.75) is 43.0 Å². The van der Waals surface area contributed by atoms with Gasteiger partial charge in [-0.05, 0) is 30.6 Å². The third-order valence-corrected chi connectivity index (χ3v) is 4.56. The molecule has 0 aliphatic heterocycles. The molecule has 1 aliphatic rings. The van der Waals surface area contributed by atoms with Crippen LogP contribution in [0.1, 0.15) is 32.1 Å². The fourth-order valence-electron chi connectivity index (χ4n) is 2.02. The summed E-state index contributed by atoms with van der Waals surface area (Å²) in [4.78, 5) is 1.12. The van der Waals surface area contributed by atoms with Gasteiger partial charge in [-0.25, -0.2) is 0 Å². The SMILES string of the molecule is CSc1c(N)nsc1NC1CCCCC1. The lowest BCUT2D eigenvalue weighted by molar-refractivity contribution is 0.463. The summed E-state index contributed by atoms with van der Waals surface area (Å²) in [5.74, 6) is 0.672. The van der Waals surface area contributed by atoms with E-state index in [1.807, 2.05) is 6.26 Å². The second-order valence-electron chi connectivity index (χ2n) is 3.91. The summed E-state index contributed by atoms with van der Waals surface area (Å²) in [7, 11) is 0. The molecule has 1 fully saturated rings. The number of rotatable bonds is 3. The minimum Gasteiger partial charge on any atom is -0.382 e. The normalized spacial score (nSPS) is 17.9. The van der Waals surface area contributed by atoms with E-state index >= 15 is 0 Å². The molecule has 2 rings (SSSR count). The van der Waals surface area contributed by atoms with Crippen LogP contribution < -0.4 is 11.1 Å². The van der Waals surface area contributed by atoms with Crippen LogP contribution in [0.4, 0.5) is 10.8 Å². The van der Waals surface area contributed by atoms with Crippen LogP contribution in [0, 0.1) is 0 Å². The molecule has 0 atom stereocenters. The summed E-state index contributed by atoms with van der Waals surface area (Å²) in [5.41, 5.74) is 5.80. The number of nitrogens with two attached hydrogens (primary N) is 1.